The molecule has 0 spiro atoms. The van der Waals surface area contributed by atoms with Crippen molar-refractivity contribution in [1.29, 1.82) is 0 Å². The van der Waals surface area contributed by atoms with Crippen molar-refractivity contribution in [3.8, 4) is 5.75 Å². The first-order valence-corrected chi connectivity index (χ1v) is 15.2. The van der Waals surface area contributed by atoms with Gasteiger partial charge in [0.25, 0.3) is 0 Å². The van der Waals surface area contributed by atoms with Crippen LogP contribution in [0.1, 0.15) is 109 Å². The van der Waals surface area contributed by atoms with Crippen molar-refractivity contribution in [1.82, 2.24) is 0 Å². The second kappa shape index (κ2) is 7.09. The highest BCUT2D eigenvalue weighted by molar-refractivity contribution is 5.51. The molecule has 9 aliphatic rings. The summed E-state index contributed by atoms with van der Waals surface area (Å²) in [6, 6.07) is 7.32. The zero-order valence-corrected chi connectivity index (χ0v) is 22.4. The minimum absolute atomic E-state index is 0.109. The summed E-state index contributed by atoms with van der Waals surface area (Å²) >= 11 is 0. The first kappa shape index (κ1) is 22.0. The Morgan fingerprint density at radius 3 is 1.63 bits per heavy atom. The molecule has 1 atom stereocenters. The smallest absolute Gasteiger partial charge is 0.130 e. The lowest BCUT2D eigenvalue weighted by atomic mass is 9.44. The molecule has 2 heteroatoms. The van der Waals surface area contributed by atoms with Gasteiger partial charge in [0.05, 0.1) is 6.61 Å². The van der Waals surface area contributed by atoms with Crippen molar-refractivity contribution >= 4 is 0 Å². The summed E-state index contributed by atoms with van der Waals surface area (Å²) in [5.74, 6) is 7.10. The van der Waals surface area contributed by atoms with Gasteiger partial charge in [0.15, 0.2) is 0 Å². The van der Waals surface area contributed by atoms with E-state index >= 15 is 0 Å². The first-order valence-electron chi connectivity index (χ1n) is 15.2. The summed E-state index contributed by atoms with van der Waals surface area (Å²) in [6.07, 6.45) is 17.8. The quantitative estimate of drug-likeness (QED) is 0.406. The van der Waals surface area contributed by atoms with E-state index in [1.54, 1.807) is 11.1 Å². The van der Waals surface area contributed by atoms with E-state index in [1.807, 2.05) is 0 Å². The fraction of sp³-hybridized carbons (Fsp3) is 0.818. The van der Waals surface area contributed by atoms with E-state index < -0.39 is 0 Å². The lowest BCUT2D eigenvalue weighted by molar-refractivity contribution is -0.0188. The minimum atomic E-state index is -0.109. The third-order valence-electron chi connectivity index (χ3n) is 12.5. The molecule has 2 nitrogen and oxygen atoms in total. The van der Waals surface area contributed by atoms with Gasteiger partial charge in [0, 0.05) is 11.0 Å². The van der Waals surface area contributed by atoms with E-state index in [9.17, 15) is 0 Å². The summed E-state index contributed by atoms with van der Waals surface area (Å²) in [7, 11) is 0. The Morgan fingerprint density at radius 1 is 0.743 bits per heavy atom. The van der Waals surface area contributed by atoms with Crippen molar-refractivity contribution in [2.45, 2.75) is 114 Å². The maximum absolute atomic E-state index is 6.96. The molecule has 190 valence electrons. The van der Waals surface area contributed by atoms with Crippen molar-refractivity contribution in [2.24, 2.45) is 40.9 Å². The van der Waals surface area contributed by atoms with Crippen LogP contribution >= 0.6 is 0 Å². The molecule has 0 amide bonds. The van der Waals surface area contributed by atoms with Crippen LogP contribution in [-0.4, -0.2) is 18.8 Å². The molecular formula is C33H46O2. The first-order chi connectivity index (χ1) is 16.7. The van der Waals surface area contributed by atoms with Crippen LogP contribution in [0.3, 0.4) is 0 Å². The van der Waals surface area contributed by atoms with Gasteiger partial charge in [-0.05, 0) is 135 Å². The number of epoxide rings is 1. The average Bonchev–Trinajstić information content (AvgIpc) is 3.57. The third-order valence-corrected chi connectivity index (χ3v) is 12.5. The van der Waals surface area contributed by atoms with Gasteiger partial charge in [-0.1, -0.05) is 32.9 Å². The van der Waals surface area contributed by atoms with E-state index in [0.717, 1.165) is 42.1 Å². The molecule has 8 saturated carbocycles. The van der Waals surface area contributed by atoms with Crippen LogP contribution in [0.4, 0.5) is 0 Å². The topological polar surface area (TPSA) is 21.8 Å². The molecule has 1 aliphatic heterocycles. The SMILES string of the molecule is CC(C)(C)C1(COc2cccc(C34CC5CC(CC(C5)C3)C4)c2C23CC4CC(CC(C4)C2)C3)CO1. The molecule has 8 bridgehead atoms. The van der Waals surface area contributed by atoms with Crippen LogP contribution in [0, 0.1) is 40.9 Å². The summed E-state index contributed by atoms with van der Waals surface area (Å²) in [5.41, 5.74) is 4.30. The van der Waals surface area contributed by atoms with Crippen molar-refractivity contribution in [2.75, 3.05) is 13.2 Å². The molecule has 1 heterocycles. The van der Waals surface area contributed by atoms with Crippen LogP contribution in [0.25, 0.3) is 0 Å². The van der Waals surface area contributed by atoms with Gasteiger partial charge in [-0.3, -0.25) is 0 Å². The number of benzene rings is 1. The van der Waals surface area contributed by atoms with Gasteiger partial charge in [0.1, 0.15) is 18.0 Å². The molecule has 0 N–H and O–H groups in total. The normalized spacial score (nSPS) is 49.0. The Morgan fingerprint density at radius 2 is 1.20 bits per heavy atom. The van der Waals surface area contributed by atoms with Crippen LogP contribution in [0.2, 0.25) is 0 Å². The van der Waals surface area contributed by atoms with E-state index in [0.29, 0.717) is 17.4 Å². The van der Waals surface area contributed by atoms with Crippen molar-refractivity contribution in [3.63, 3.8) is 0 Å². The second-order valence-corrected chi connectivity index (χ2v) is 15.9. The van der Waals surface area contributed by atoms with Gasteiger partial charge >= 0.3 is 0 Å². The zero-order chi connectivity index (χ0) is 23.6. The van der Waals surface area contributed by atoms with E-state index in [4.69, 9.17) is 9.47 Å². The molecule has 9 fully saturated rings. The zero-order valence-electron chi connectivity index (χ0n) is 22.4. The fourth-order valence-corrected chi connectivity index (χ4v) is 11.5. The molecule has 1 aromatic rings. The maximum atomic E-state index is 6.96. The molecule has 1 unspecified atom stereocenters. The van der Waals surface area contributed by atoms with E-state index in [2.05, 4.69) is 39.0 Å². The number of hydrogen-bond donors (Lipinski definition) is 0. The predicted octanol–water partition coefficient (Wildman–Crippen LogP) is 7.82. The molecule has 1 aromatic carbocycles. The van der Waals surface area contributed by atoms with Gasteiger partial charge in [-0.25, -0.2) is 0 Å². The highest BCUT2D eigenvalue weighted by atomic mass is 16.6. The summed E-state index contributed by atoms with van der Waals surface area (Å²) in [6.45, 7) is 8.50. The Kier molecular flexibility index (Phi) is 4.46. The van der Waals surface area contributed by atoms with Crippen LogP contribution < -0.4 is 4.74 Å². The molecule has 35 heavy (non-hydrogen) atoms. The predicted molar refractivity (Wildman–Crippen MR) is 140 cm³/mol. The van der Waals surface area contributed by atoms with Crippen molar-refractivity contribution < 1.29 is 9.47 Å². The molecule has 0 aromatic heterocycles. The summed E-state index contributed by atoms with van der Waals surface area (Å²) < 4.78 is 13.0. The van der Waals surface area contributed by atoms with Crippen molar-refractivity contribution in [3.05, 3.63) is 29.3 Å². The van der Waals surface area contributed by atoms with Crippen LogP contribution in [0.15, 0.2) is 18.2 Å². The van der Waals surface area contributed by atoms with Gasteiger partial charge in [-0.2, -0.15) is 0 Å². The molecule has 8 aliphatic carbocycles. The van der Waals surface area contributed by atoms with E-state index in [-0.39, 0.29) is 11.0 Å². The Bertz CT molecular complexity index is 953. The highest BCUT2D eigenvalue weighted by Crippen LogP contribution is 2.66. The summed E-state index contributed by atoms with van der Waals surface area (Å²) in [5, 5.41) is 0. The fourth-order valence-electron chi connectivity index (χ4n) is 11.5. The molecule has 10 rings (SSSR count). The second-order valence-electron chi connectivity index (χ2n) is 15.9. The van der Waals surface area contributed by atoms with Gasteiger partial charge < -0.3 is 9.47 Å². The number of rotatable bonds is 5. The van der Waals surface area contributed by atoms with E-state index in [1.165, 1.54) is 82.8 Å². The minimum Gasteiger partial charge on any atom is -0.490 e. The third kappa shape index (κ3) is 3.23. The maximum Gasteiger partial charge on any atom is 0.130 e. The molecule has 0 radical (unpaired) electrons. The molecule has 1 saturated heterocycles. The average molecular weight is 475 g/mol. The Hall–Kier alpha value is -1.02. The van der Waals surface area contributed by atoms with Gasteiger partial charge in [-0.15, -0.1) is 0 Å². The molecular weight excluding hydrogens is 428 g/mol. The van der Waals surface area contributed by atoms with Crippen LogP contribution in [0.5, 0.6) is 5.75 Å². The Labute approximate surface area is 212 Å². The number of ether oxygens (including phenoxy) is 2. The monoisotopic (exact) mass is 474 g/mol. The highest BCUT2D eigenvalue weighted by Gasteiger charge is 2.58. The Balaban J connectivity index is 1.24. The lowest BCUT2D eigenvalue weighted by Gasteiger charge is -2.61. The summed E-state index contributed by atoms with van der Waals surface area (Å²) in [4.78, 5) is 0. The standard InChI is InChI=1S/C33H46O2/c1-30(2,3)33(20-35-33)19-34-28-6-4-5-27(31-13-21-7-22(14-31)9-23(8-21)15-31)29(28)32-16-24-10-25(17-32)12-26(11-24)18-32/h4-6,21-26H,7-20H2,1-3H3. The largest absolute Gasteiger partial charge is 0.490 e. The lowest BCUT2D eigenvalue weighted by Crippen LogP contribution is -2.52. The van der Waals surface area contributed by atoms with Crippen LogP contribution in [-0.2, 0) is 15.6 Å². The van der Waals surface area contributed by atoms with Gasteiger partial charge in [0.2, 0.25) is 0 Å². The number of hydrogen-bond acceptors (Lipinski definition) is 2.